The maximum absolute atomic E-state index is 13.0. The van der Waals surface area contributed by atoms with E-state index < -0.39 is 11.6 Å². The molecule has 1 aromatic rings. The Morgan fingerprint density at radius 2 is 1.83 bits per heavy atom. The molecule has 0 heterocycles. The fourth-order valence-corrected chi connectivity index (χ4v) is 2.22. The van der Waals surface area contributed by atoms with Crippen LogP contribution in [0.1, 0.15) is 39.2 Å². The van der Waals surface area contributed by atoms with Gasteiger partial charge in [-0.2, -0.15) is 0 Å². The maximum Gasteiger partial charge on any atom is 0.159 e. The van der Waals surface area contributed by atoms with Gasteiger partial charge in [0.15, 0.2) is 11.6 Å². The van der Waals surface area contributed by atoms with Crippen molar-refractivity contribution in [2.75, 3.05) is 7.05 Å². The lowest BCUT2D eigenvalue weighted by molar-refractivity contribution is 0.263. The summed E-state index contributed by atoms with van der Waals surface area (Å²) in [6.45, 7) is 6.60. The number of hydrogen-bond acceptors (Lipinski definition) is 1. The summed E-state index contributed by atoms with van der Waals surface area (Å²) in [5.74, 6) is -1.53. The minimum atomic E-state index is -0.776. The molecule has 0 saturated heterocycles. The van der Waals surface area contributed by atoms with E-state index in [0.717, 1.165) is 24.8 Å². The topological polar surface area (TPSA) is 12.0 Å². The van der Waals surface area contributed by atoms with Crippen LogP contribution in [0, 0.1) is 17.0 Å². The van der Waals surface area contributed by atoms with E-state index in [4.69, 9.17) is 0 Å². The maximum atomic E-state index is 13.0. The van der Waals surface area contributed by atoms with E-state index in [2.05, 4.69) is 26.1 Å². The molecule has 0 aliphatic carbocycles. The Kier molecular flexibility index (Phi) is 5.27. The predicted molar refractivity (Wildman–Crippen MR) is 71.6 cm³/mol. The molecule has 1 nitrogen and oxygen atoms in total. The lowest BCUT2D eigenvalue weighted by Crippen LogP contribution is -2.37. The third-order valence-corrected chi connectivity index (χ3v) is 3.34. The quantitative estimate of drug-likeness (QED) is 0.841. The van der Waals surface area contributed by atoms with Gasteiger partial charge in [-0.25, -0.2) is 8.78 Å². The second-order valence-corrected chi connectivity index (χ2v) is 5.85. The molecule has 0 aliphatic heterocycles. The first-order chi connectivity index (χ1) is 8.34. The number of halogens is 2. The molecular weight excluding hydrogens is 232 g/mol. The van der Waals surface area contributed by atoms with E-state index in [1.165, 1.54) is 12.1 Å². The van der Waals surface area contributed by atoms with Crippen molar-refractivity contribution in [2.45, 2.75) is 46.1 Å². The monoisotopic (exact) mass is 255 g/mol. The molecule has 0 amide bonds. The minimum absolute atomic E-state index is 0.211. The molecule has 0 spiro atoms. The van der Waals surface area contributed by atoms with Crippen molar-refractivity contribution in [3.8, 4) is 0 Å². The molecular formula is C15H23F2N. The van der Waals surface area contributed by atoms with Gasteiger partial charge >= 0.3 is 0 Å². The molecule has 18 heavy (non-hydrogen) atoms. The second kappa shape index (κ2) is 6.28. The third-order valence-electron chi connectivity index (χ3n) is 3.34. The molecule has 1 rings (SSSR count). The normalized spacial score (nSPS) is 13.7. The number of hydrogen-bond donors (Lipinski definition) is 1. The van der Waals surface area contributed by atoms with Crippen LogP contribution in [0.2, 0.25) is 0 Å². The summed E-state index contributed by atoms with van der Waals surface area (Å²) in [6.07, 6.45) is 2.78. The molecule has 0 bridgehead atoms. The van der Waals surface area contributed by atoms with Gasteiger partial charge in [-0.05, 0) is 49.4 Å². The zero-order valence-electron chi connectivity index (χ0n) is 11.7. The molecule has 0 aliphatic rings. The summed E-state index contributed by atoms with van der Waals surface area (Å²) in [4.78, 5) is 0. The Bertz CT molecular complexity index is 383. The number of aryl methyl sites for hydroxylation is 1. The van der Waals surface area contributed by atoms with Crippen LogP contribution >= 0.6 is 0 Å². The van der Waals surface area contributed by atoms with Gasteiger partial charge in [-0.3, -0.25) is 0 Å². The molecule has 102 valence electrons. The van der Waals surface area contributed by atoms with Gasteiger partial charge in [0, 0.05) is 6.04 Å². The smallest absolute Gasteiger partial charge is 0.159 e. The van der Waals surface area contributed by atoms with Crippen molar-refractivity contribution >= 4 is 0 Å². The average molecular weight is 255 g/mol. The predicted octanol–water partition coefficient (Wildman–Crippen LogP) is 3.92. The third kappa shape index (κ3) is 4.37. The molecule has 1 unspecified atom stereocenters. The highest BCUT2D eigenvalue weighted by molar-refractivity contribution is 5.17. The standard InChI is InChI=1S/C15H23F2N/c1-15(2,3)14(18-4)7-5-6-11-8-9-12(16)13(17)10-11/h8-10,14,18H,5-7H2,1-4H3. The van der Waals surface area contributed by atoms with Gasteiger partial charge in [-0.1, -0.05) is 26.8 Å². The molecule has 1 N–H and O–H groups in total. The number of benzene rings is 1. The number of rotatable bonds is 5. The first-order valence-corrected chi connectivity index (χ1v) is 6.46. The van der Waals surface area contributed by atoms with Crippen molar-refractivity contribution in [1.82, 2.24) is 5.32 Å². The van der Waals surface area contributed by atoms with E-state index in [1.807, 2.05) is 7.05 Å². The van der Waals surface area contributed by atoms with Crippen LogP contribution in [0.25, 0.3) is 0 Å². The summed E-state index contributed by atoms with van der Waals surface area (Å²) in [7, 11) is 1.97. The fraction of sp³-hybridized carbons (Fsp3) is 0.600. The highest BCUT2D eigenvalue weighted by atomic mass is 19.2. The van der Waals surface area contributed by atoms with Gasteiger partial charge in [0.25, 0.3) is 0 Å². The fourth-order valence-electron chi connectivity index (χ4n) is 2.22. The van der Waals surface area contributed by atoms with Crippen molar-refractivity contribution in [1.29, 1.82) is 0 Å². The second-order valence-electron chi connectivity index (χ2n) is 5.85. The molecule has 0 radical (unpaired) electrons. The van der Waals surface area contributed by atoms with Crippen molar-refractivity contribution in [3.63, 3.8) is 0 Å². The zero-order chi connectivity index (χ0) is 13.8. The molecule has 1 atom stereocenters. The summed E-state index contributed by atoms with van der Waals surface area (Å²) in [6, 6.07) is 4.58. The van der Waals surface area contributed by atoms with Gasteiger partial charge < -0.3 is 5.32 Å². The SMILES string of the molecule is CNC(CCCc1ccc(F)c(F)c1)C(C)(C)C. The summed E-state index contributed by atoms with van der Waals surface area (Å²) in [5.41, 5.74) is 1.07. The van der Waals surface area contributed by atoms with Gasteiger partial charge in [0.05, 0.1) is 0 Å². The largest absolute Gasteiger partial charge is 0.316 e. The van der Waals surface area contributed by atoms with Crippen molar-refractivity contribution in [3.05, 3.63) is 35.4 Å². The lowest BCUT2D eigenvalue weighted by atomic mass is 9.83. The minimum Gasteiger partial charge on any atom is -0.316 e. The Hall–Kier alpha value is -0.960. The van der Waals surface area contributed by atoms with Crippen molar-refractivity contribution < 1.29 is 8.78 Å². The molecule has 0 saturated carbocycles. The first kappa shape index (κ1) is 15.1. The average Bonchev–Trinajstić information content (AvgIpc) is 2.27. The first-order valence-electron chi connectivity index (χ1n) is 6.46. The van der Waals surface area contributed by atoms with Crippen LogP contribution in [-0.4, -0.2) is 13.1 Å². The van der Waals surface area contributed by atoms with E-state index in [1.54, 1.807) is 6.07 Å². The summed E-state index contributed by atoms with van der Waals surface area (Å²) in [5, 5.41) is 3.31. The van der Waals surface area contributed by atoms with Gasteiger partial charge in [-0.15, -0.1) is 0 Å². The molecule has 3 heteroatoms. The van der Waals surface area contributed by atoms with E-state index >= 15 is 0 Å². The van der Waals surface area contributed by atoms with Crippen LogP contribution in [0.3, 0.4) is 0 Å². The van der Waals surface area contributed by atoms with Crippen LogP contribution in [0.5, 0.6) is 0 Å². The Morgan fingerprint density at radius 1 is 1.17 bits per heavy atom. The molecule has 0 fully saturated rings. The Labute approximate surface area is 109 Å². The van der Waals surface area contributed by atoms with E-state index in [9.17, 15) is 8.78 Å². The molecule has 0 aromatic heterocycles. The van der Waals surface area contributed by atoms with Crippen molar-refractivity contribution in [2.24, 2.45) is 5.41 Å². The van der Waals surface area contributed by atoms with E-state index in [0.29, 0.717) is 6.04 Å². The van der Waals surface area contributed by atoms with Crippen LogP contribution in [-0.2, 0) is 6.42 Å². The Morgan fingerprint density at radius 3 is 2.33 bits per heavy atom. The van der Waals surface area contributed by atoms with E-state index in [-0.39, 0.29) is 5.41 Å². The van der Waals surface area contributed by atoms with Crippen LogP contribution in [0.15, 0.2) is 18.2 Å². The molecule has 1 aromatic carbocycles. The highest BCUT2D eigenvalue weighted by Gasteiger charge is 2.22. The number of nitrogens with one attached hydrogen (secondary N) is 1. The summed E-state index contributed by atoms with van der Waals surface area (Å²) >= 11 is 0. The van der Waals surface area contributed by atoms with Crippen LogP contribution < -0.4 is 5.32 Å². The zero-order valence-corrected chi connectivity index (χ0v) is 11.7. The highest BCUT2D eigenvalue weighted by Crippen LogP contribution is 2.23. The van der Waals surface area contributed by atoms with Gasteiger partial charge in [0.1, 0.15) is 0 Å². The Balaban J connectivity index is 2.48. The summed E-state index contributed by atoms with van der Waals surface area (Å²) < 4.78 is 25.8. The van der Waals surface area contributed by atoms with Gasteiger partial charge in [0.2, 0.25) is 0 Å². The lowest BCUT2D eigenvalue weighted by Gasteiger charge is -2.30. The van der Waals surface area contributed by atoms with Crippen LogP contribution in [0.4, 0.5) is 8.78 Å².